The van der Waals surface area contributed by atoms with Crippen LogP contribution in [-0.2, 0) is 30.9 Å². The smallest absolute Gasteiger partial charge is 0.0708 e. The topological polar surface area (TPSA) is 26.0 Å². The average Bonchev–Trinajstić information content (AvgIpc) is 1.88. The van der Waals surface area contributed by atoms with Crippen LogP contribution in [0.25, 0.3) is 0 Å². The van der Waals surface area contributed by atoms with Gasteiger partial charge in [0.05, 0.1) is 0 Å². The number of thiocarbonyl (C=S) groups is 1. The van der Waals surface area contributed by atoms with Crippen LogP contribution >= 0.6 is 12.2 Å². The molecule has 0 aromatic rings. The Morgan fingerprint density at radius 1 is 1.45 bits per heavy atom. The van der Waals surface area contributed by atoms with E-state index in [4.69, 9.17) is 0 Å². The second-order valence-corrected chi connectivity index (χ2v) is 4.85. The summed E-state index contributed by atoms with van der Waals surface area (Å²) in [6, 6.07) is 0. The molecule has 0 fully saturated rings. The molecule has 0 bridgehead atoms. The van der Waals surface area contributed by atoms with E-state index in [9.17, 15) is 0 Å². The third-order valence-corrected chi connectivity index (χ3v) is 2.15. The van der Waals surface area contributed by atoms with Crippen molar-refractivity contribution >= 4 is 29.2 Å². The van der Waals surface area contributed by atoms with Crippen molar-refractivity contribution in [1.29, 1.82) is 0 Å². The van der Waals surface area contributed by atoms with E-state index in [1.54, 1.807) is 0 Å². The van der Waals surface area contributed by atoms with Gasteiger partial charge in [0.1, 0.15) is 0 Å². The van der Waals surface area contributed by atoms with Crippen LogP contribution in [0.15, 0.2) is 0 Å². The molecule has 0 aromatic carbocycles. The van der Waals surface area contributed by atoms with Gasteiger partial charge in [0.15, 0.2) is 0 Å². The van der Waals surface area contributed by atoms with E-state index in [0.717, 1.165) is 0 Å². The zero-order chi connectivity index (χ0) is 9.11. The molecule has 2 N–H and O–H groups in total. The van der Waals surface area contributed by atoms with Gasteiger partial charge in [0.2, 0.25) is 0 Å². The van der Waals surface area contributed by atoms with E-state index in [0.29, 0.717) is 0 Å². The maximum Gasteiger partial charge on any atom is -0.0708 e. The van der Waals surface area contributed by atoms with Crippen LogP contribution in [0.3, 0.4) is 0 Å². The Kier molecular flexibility index (Phi) is 17.3. The van der Waals surface area contributed by atoms with Crippen molar-refractivity contribution in [3.05, 3.63) is 0 Å². The summed E-state index contributed by atoms with van der Waals surface area (Å²) in [5, 5.41) is 1.49. The maximum atomic E-state index is 4.66. The summed E-state index contributed by atoms with van der Waals surface area (Å²) in [7, 11) is 0. The molecule has 0 aliphatic heterocycles. The molecule has 0 atom stereocenters. The Balaban J connectivity index is 0. The van der Waals surface area contributed by atoms with E-state index in [-0.39, 0.29) is 4.32 Å². The first-order valence-electron chi connectivity index (χ1n) is 3.90. The molecule has 1 nitrogen and oxygen atoms in total. The predicted molar refractivity (Wildman–Crippen MR) is 53.1 cm³/mol. The Labute approximate surface area is 90.6 Å². The fourth-order valence-electron chi connectivity index (χ4n) is 0.604. The summed E-state index contributed by atoms with van der Waals surface area (Å²) in [5.74, 6) is 0. The van der Waals surface area contributed by atoms with Gasteiger partial charge in [0.25, 0.3) is 0 Å². The van der Waals surface area contributed by atoms with Gasteiger partial charge in [-0.15, -0.1) is 0 Å². The molecule has 0 radical (unpaired) electrons. The molecule has 0 unspecified atom stereocenters. The standard InChI is InChI=1S/C6H13.CH3NS2.Zn/c1-3-5-6-4-2;2-1(3)4;/h1,3-6H2,2H3;(H3,2,3,4);/q;;+1/p-1. The van der Waals surface area contributed by atoms with Crippen molar-refractivity contribution in [1.82, 2.24) is 0 Å². The van der Waals surface area contributed by atoms with Crippen molar-refractivity contribution in [2.24, 2.45) is 5.73 Å². The van der Waals surface area contributed by atoms with Crippen LogP contribution < -0.4 is 5.73 Å². The van der Waals surface area contributed by atoms with Gasteiger partial charge < -0.3 is 30.6 Å². The van der Waals surface area contributed by atoms with Crippen LogP contribution in [0, 0.1) is 0 Å². The second kappa shape index (κ2) is 13.3. The molecule has 0 heterocycles. The first-order valence-corrected chi connectivity index (χ1v) is 6.82. The molecule has 0 spiro atoms. The van der Waals surface area contributed by atoms with Gasteiger partial charge in [-0.05, 0) is 0 Å². The molecule has 0 aliphatic rings. The molecule has 0 rings (SSSR count). The number of unbranched alkanes of at least 4 members (excludes halogenated alkanes) is 3. The van der Waals surface area contributed by atoms with Crippen LogP contribution in [0.5, 0.6) is 0 Å². The average molecular weight is 243 g/mol. The minimum absolute atomic E-state index is 0.0833. The van der Waals surface area contributed by atoms with Gasteiger partial charge in [-0.3, -0.25) is 0 Å². The van der Waals surface area contributed by atoms with Crippen LogP contribution in [0.1, 0.15) is 32.6 Å². The fourth-order valence-corrected chi connectivity index (χ4v) is 1.35. The molecule has 0 saturated heterocycles. The van der Waals surface area contributed by atoms with Gasteiger partial charge in [-0.25, -0.2) is 0 Å². The van der Waals surface area contributed by atoms with Gasteiger partial charge in [-0.1, -0.05) is 4.32 Å². The van der Waals surface area contributed by atoms with Crippen LogP contribution in [0.4, 0.5) is 0 Å². The van der Waals surface area contributed by atoms with E-state index in [1.807, 2.05) is 0 Å². The van der Waals surface area contributed by atoms with Gasteiger partial charge in [0, 0.05) is 0 Å². The summed E-state index contributed by atoms with van der Waals surface area (Å²) < 4.78 is 0.0833. The van der Waals surface area contributed by atoms with Crippen molar-refractivity contribution in [2.75, 3.05) is 0 Å². The first-order chi connectivity index (χ1) is 5.15. The normalized spacial score (nSPS) is 8.27. The van der Waals surface area contributed by atoms with Crippen LogP contribution in [0.2, 0.25) is 5.02 Å². The Hall–Kier alpha value is 0.733. The van der Waals surface area contributed by atoms with Crippen molar-refractivity contribution < 1.29 is 18.3 Å². The first kappa shape index (κ1) is 14.3. The summed E-state index contributed by atoms with van der Waals surface area (Å²) in [6.45, 7) is 2.26. The quantitative estimate of drug-likeness (QED) is 0.355. The van der Waals surface area contributed by atoms with Crippen molar-refractivity contribution in [2.45, 2.75) is 37.6 Å². The monoisotopic (exact) mass is 241 g/mol. The SMILES string of the molecule is CCCCC[CH2][Zn+].NC(=S)[S-]. The molecule has 0 aliphatic carbocycles. The number of hydrogen-bond acceptors (Lipinski definition) is 2. The zero-order valence-corrected chi connectivity index (χ0v) is 11.7. The van der Waals surface area contributed by atoms with E-state index < -0.39 is 0 Å². The third kappa shape index (κ3) is 36.5. The Bertz CT molecular complexity index is 80.5. The molecule has 0 aromatic heterocycles. The number of hydrogen-bond donors (Lipinski definition) is 1. The second-order valence-electron chi connectivity index (χ2n) is 2.23. The summed E-state index contributed by atoms with van der Waals surface area (Å²) in [6.07, 6.45) is 5.77. The van der Waals surface area contributed by atoms with Gasteiger partial charge in [-0.2, -0.15) is 0 Å². The minimum atomic E-state index is 0.0833. The molecular formula is C7H15NS2Zn. The van der Waals surface area contributed by atoms with Crippen molar-refractivity contribution in [3.63, 3.8) is 0 Å². The van der Waals surface area contributed by atoms with Crippen molar-refractivity contribution in [3.8, 4) is 0 Å². The molecule has 11 heavy (non-hydrogen) atoms. The summed E-state index contributed by atoms with van der Waals surface area (Å²) >= 11 is 9.75. The zero-order valence-electron chi connectivity index (χ0n) is 7.14. The Morgan fingerprint density at radius 3 is 2.18 bits per heavy atom. The van der Waals surface area contributed by atoms with Crippen LogP contribution in [-0.4, -0.2) is 4.32 Å². The fraction of sp³-hybridized carbons (Fsp3) is 0.857. The largest absolute Gasteiger partial charge is 0.415 e. The molecule has 4 heteroatoms. The molecular weight excluding hydrogens is 228 g/mol. The summed E-state index contributed by atoms with van der Waals surface area (Å²) in [5.41, 5.74) is 4.66. The third-order valence-electron chi connectivity index (χ3n) is 1.10. The number of nitrogens with two attached hydrogens (primary N) is 1. The maximum absolute atomic E-state index is 4.66. The molecule has 62 valence electrons. The van der Waals surface area contributed by atoms with E-state index >= 15 is 0 Å². The van der Waals surface area contributed by atoms with Gasteiger partial charge >= 0.3 is 55.9 Å². The number of rotatable bonds is 4. The molecule has 0 amide bonds. The minimum Gasteiger partial charge on any atom is -0.415 e. The Morgan fingerprint density at radius 2 is 1.91 bits per heavy atom. The van der Waals surface area contributed by atoms with E-state index in [2.05, 4.69) is 37.5 Å². The summed E-state index contributed by atoms with van der Waals surface area (Å²) in [4.78, 5) is 0. The predicted octanol–water partition coefficient (Wildman–Crippen LogP) is 2.31. The molecule has 0 saturated carbocycles. The van der Waals surface area contributed by atoms with E-state index in [1.165, 1.54) is 49.0 Å².